The first-order chi connectivity index (χ1) is 62.9. The number of aromatic nitrogens is 8. The summed E-state index contributed by atoms with van der Waals surface area (Å²) < 4.78 is 74.1. The average molecular weight is 2010 g/mol. The molecule has 14 heterocycles. The van der Waals surface area contributed by atoms with Gasteiger partial charge in [-0.3, -0.25) is 29.3 Å². The lowest BCUT2D eigenvalue weighted by Crippen LogP contribution is -2.55. The molecule has 0 spiro atoms. The Bertz CT molecular complexity index is 5960. The summed E-state index contributed by atoms with van der Waals surface area (Å²) in [5.41, 5.74) is 11.1. The summed E-state index contributed by atoms with van der Waals surface area (Å²) >= 11 is 0. The molecule has 29 nitrogen and oxygen atoms in total. The van der Waals surface area contributed by atoms with Gasteiger partial charge in [-0.15, -0.1) is 0 Å². The van der Waals surface area contributed by atoms with Crippen molar-refractivity contribution < 1.29 is 46.2 Å². The molecule has 7 atom stereocenters. The number of pyridine rings is 2. The van der Waals surface area contributed by atoms with Crippen molar-refractivity contribution in [1.29, 1.82) is 15.8 Å². The van der Waals surface area contributed by atoms with E-state index in [1.54, 1.807) is 18.5 Å². The summed E-state index contributed by atoms with van der Waals surface area (Å²) in [5.74, 6) is -2.79. The number of amides is 3. The lowest BCUT2D eigenvalue weighted by molar-refractivity contribution is -0.132. The first kappa shape index (κ1) is 110. The normalized spacial score (nSPS) is 20.1. The molecule has 6 fully saturated rings. The molecule has 4 aromatic carbocycles. The van der Waals surface area contributed by atoms with Gasteiger partial charge in [0.2, 0.25) is 0 Å². The number of benzene rings is 4. The van der Waals surface area contributed by atoms with Crippen molar-refractivity contribution in [3.63, 3.8) is 0 Å². The lowest BCUT2D eigenvalue weighted by atomic mass is 9.99. The number of hydrogen-bond acceptors (Lipinski definition) is 26. The number of ether oxygens (including phenoxy) is 3. The van der Waals surface area contributed by atoms with E-state index in [-0.39, 0.29) is 151 Å². The lowest BCUT2D eigenvalue weighted by Gasteiger charge is -2.42. The second-order valence-electron chi connectivity index (χ2n) is 35.6. The van der Waals surface area contributed by atoms with Crippen molar-refractivity contribution in [2.24, 2.45) is 5.92 Å². The van der Waals surface area contributed by atoms with Crippen LogP contribution in [-0.2, 0) is 53.3 Å². The number of anilines is 6. The van der Waals surface area contributed by atoms with Gasteiger partial charge in [0.15, 0.2) is 17.5 Å². The van der Waals surface area contributed by atoms with E-state index in [2.05, 4.69) is 182 Å². The number of carbonyl (C=O) groups is 3. The van der Waals surface area contributed by atoms with Gasteiger partial charge in [0.1, 0.15) is 43.1 Å². The van der Waals surface area contributed by atoms with Gasteiger partial charge in [-0.25, -0.2) is 17.6 Å². The monoisotopic (exact) mass is 2010 g/mol. The van der Waals surface area contributed by atoms with Gasteiger partial charge < -0.3 is 68.1 Å². The van der Waals surface area contributed by atoms with Gasteiger partial charge in [-0.05, 0) is 141 Å². The third-order valence-corrected chi connectivity index (χ3v) is 27.1. The van der Waals surface area contributed by atoms with Crippen molar-refractivity contribution in [2.45, 2.75) is 147 Å². The van der Waals surface area contributed by atoms with Crippen LogP contribution in [0.3, 0.4) is 0 Å². The molecule has 734 valence electrons. The minimum atomic E-state index is -1.03. The van der Waals surface area contributed by atoms with Crippen molar-refractivity contribution in [1.82, 2.24) is 69.3 Å². The zero-order valence-corrected chi connectivity index (χ0v) is 85.3. The van der Waals surface area contributed by atoms with E-state index in [0.29, 0.717) is 134 Å². The Kier molecular flexibility index (Phi) is 39.7. The van der Waals surface area contributed by atoms with Gasteiger partial charge in [0.25, 0.3) is 17.7 Å². The van der Waals surface area contributed by atoms with Crippen molar-refractivity contribution in [3.8, 4) is 36.2 Å². The highest BCUT2D eigenvalue weighted by Crippen LogP contribution is 2.42. The average Bonchev–Trinajstić information content (AvgIpc) is 1.26. The number of nitrogens with zero attached hydrogens (tertiary/aromatic N) is 23. The molecular weight excluding hydrogens is 1880 g/mol. The highest BCUT2D eigenvalue weighted by atomic mass is 32.1. The van der Waals surface area contributed by atoms with E-state index in [1.807, 2.05) is 19.2 Å². The van der Waals surface area contributed by atoms with Crippen LogP contribution in [0.25, 0.3) is 32.3 Å². The Hall–Kier alpha value is -10.5. The molecule has 0 aliphatic carbocycles. The molecule has 40 heteroatoms. The molecule has 137 heavy (non-hydrogen) atoms. The smallest absolute Gasteiger partial charge is 0.318 e. The summed E-state index contributed by atoms with van der Waals surface area (Å²) in [4.78, 5) is 100. The van der Waals surface area contributed by atoms with Gasteiger partial charge >= 0.3 is 18.0 Å². The third kappa shape index (κ3) is 24.7. The molecule has 0 saturated carbocycles. The maximum absolute atomic E-state index is 13.9. The molecule has 5 aromatic heterocycles. The number of piperazine rings is 3. The van der Waals surface area contributed by atoms with Crippen LogP contribution in [0.4, 0.5) is 52.1 Å². The van der Waals surface area contributed by atoms with E-state index in [9.17, 15) is 47.7 Å². The summed E-state index contributed by atoms with van der Waals surface area (Å²) in [6.07, 6.45) is 13.1. The minimum absolute atomic E-state index is 0. The van der Waals surface area contributed by atoms with E-state index in [1.165, 1.54) is 48.9 Å². The quantitative estimate of drug-likeness (QED) is 0.0477. The number of aryl methyl sites for hydroxylation is 2. The molecule has 0 unspecified atom stereocenters. The maximum Gasteiger partial charge on any atom is 0.318 e. The van der Waals surface area contributed by atoms with Crippen LogP contribution in [0.15, 0.2) is 135 Å². The zero-order chi connectivity index (χ0) is 91.1. The second kappa shape index (κ2) is 49.4. The number of likely N-dealkylation sites (tertiary alicyclic amines) is 3. The topological polar surface area (TPSA) is 292 Å². The standard InChI is InChI=1S/C34H40FN7O2.C32H37FN8O2.C31H34F2N8O2.7H2S/c1-22-17-27(39(4)18-22)21-44-34-37-29-20-40(30-10-6-9-25-8-5-7-23(2)31(25)30)14-12-28(29)32(38-34)41-15-16-42(33(43)24(3)35)26(19-41)11-13-36;1-21(33)31(42)41-16-15-40(18-24(41)10-12-34)30-27-11-14-39(29-22(2)35-17-23-7-4-5-9-26(23)29)19-28(27)36-32(37-30)43-20-25-8-6-13-38(25)3;1-20(32)30(42)41-13-12-40(17-23(41)7-9-34)29-26-8-11-39(28-16-35-15-21-14-22(33)5-6-25(21)28)18-27(26)36-31(37-29)43-19-24-4-3-10-38(24)2;;;;;;;/h5-10,22,26-27H,3,11-12,14-21H2,1-2,4H3;4-5,7,9,17,24-25H,1,6,8,10-11,13-16,18-20H2,2-3H3;5-6,14-16,23-24H,1,3-4,7-8,10-13,17-19H2,2H3;7*1H2/t22-,26-,27-;24-,25-;23-,24-;;;;;;;/m000......./s1. The molecule has 6 saturated heterocycles. The molecule has 9 aromatic rings. The Morgan fingerprint density at radius 3 is 1.31 bits per heavy atom. The Labute approximate surface area is 847 Å². The molecule has 18 rings (SSSR count). The van der Waals surface area contributed by atoms with Crippen LogP contribution in [-0.4, -0.2) is 262 Å². The first-order valence-electron chi connectivity index (χ1n) is 45.0. The van der Waals surface area contributed by atoms with Crippen molar-refractivity contribution in [2.75, 3.05) is 169 Å². The summed E-state index contributed by atoms with van der Waals surface area (Å²) in [6.45, 7) is 27.6. The predicted molar refractivity (Wildman–Crippen MR) is 562 cm³/mol. The van der Waals surface area contributed by atoms with E-state index in [4.69, 9.17) is 44.1 Å². The Morgan fingerprint density at radius 1 is 0.445 bits per heavy atom. The number of carbonyl (C=O) groups excluding carboxylic acids is 3. The first-order valence-corrected chi connectivity index (χ1v) is 45.0. The summed E-state index contributed by atoms with van der Waals surface area (Å²) in [5, 5.41) is 34.8. The van der Waals surface area contributed by atoms with Crippen LogP contribution < -0.4 is 43.6 Å². The van der Waals surface area contributed by atoms with Gasteiger partial charge in [-0.2, -0.15) is 140 Å². The fraction of sp³-hybridized carbons (Fsp3) is 0.464. The van der Waals surface area contributed by atoms with Gasteiger partial charge in [-0.1, -0.05) is 81.3 Å². The van der Waals surface area contributed by atoms with Crippen molar-refractivity contribution >= 4 is 179 Å². The molecule has 9 aliphatic rings. The number of rotatable bonds is 21. The van der Waals surface area contributed by atoms with Gasteiger partial charge in [0, 0.05) is 165 Å². The van der Waals surface area contributed by atoms with E-state index >= 15 is 0 Å². The number of nitriles is 3. The fourth-order valence-electron chi connectivity index (χ4n) is 20.2. The van der Waals surface area contributed by atoms with Crippen LogP contribution in [0.5, 0.6) is 18.0 Å². The number of likely N-dealkylation sites (N-methyl/N-ethyl adjacent to an activating group) is 3. The minimum Gasteiger partial charge on any atom is -0.462 e. The second-order valence-corrected chi connectivity index (χ2v) is 35.6. The summed E-state index contributed by atoms with van der Waals surface area (Å²) in [6, 6.07) is 32.7. The number of fused-ring (bicyclic) bond motifs is 6. The highest BCUT2D eigenvalue weighted by molar-refractivity contribution is 7.60. The van der Waals surface area contributed by atoms with Crippen LogP contribution in [0.2, 0.25) is 0 Å². The predicted octanol–water partition coefficient (Wildman–Crippen LogP) is 12.8. The summed E-state index contributed by atoms with van der Waals surface area (Å²) in [7, 11) is 6.33. The Morgan fingerprint density at radius 2 is 0.876 bits per heavy atom. The van der Waals surface area contributed by atoms with Crippen molar-refractivity contribution in [3.05, 3.63) is 186 Å². The fourth-order valence-corrected chi connectivity index (χ4v) is 20.2. The van der Waals surface area contributed by atoms with Crippen LogP contribution in [0.1, 0.15) is 103 Å². The maximum atomic E-state index is 13.9. The highest BCUT2D eigenvalue weighted by Gasteiger charge is 2.41. The molecule has 0 bridgehead atoms. The number of hydrogen-bond donors (Lipinski definition) is 0. The largest absolute Gasteiger partial charge is 0.462 e. The third-order valence-electron chi connectivity index (χ3n) is 27.1. The van der Waals surface area contributed by atoms with Crippen LogP contribution in [0, 0.1) is 59.6 Å². The molecular formula is C97H125F4N23O6S7. The molecule has 0 N–H and O–H groups in total. The van der Waals surface area contributed by atoms with E-state index < -0.39 is 53.3 Å². The van der Waals surface area contributed by atoms with Crippen LogP contribution >= 0.6 is 94.5 Å². The molecule has 0 radical (unpaired) electrons. The molecule has 3 amide bonds. The SMILES string of the molecule is C=C(F)C(=O)N1CCN(c2nc(OC[C@@H]3CCCN3C)nc3c2CCN(c2c(C)ncc4ccccc24)C3)C[C@@H]1CC#N.C=C(F)C(=O)N1CCN(c2nc(OC[C@@H]3CCCN3C)nc3c2CCN(c2cncc4cc(F)ccc24)C3)C[C@@H]1CC#N.C=C(F)C(=O)N1CCN(c2nc(OC[C@@H]3C[C@H](C)CN3C)nc3c2CCN(c2cccc4cccc(C)c24)C3)C[C@@H]1CC#N.S.S.S.S.S.S.S. The molecule has 9 aliphatic heterocycles. The van der Waals surface area contributed by atoms with E-state index in [0.717, 1.165) is 155 Å². The van der Waals surface area contributed by atoms with Gasteiger partial charge in [0.05, 0.1) is 116 Å². The zero-order valence-electron chi connectivity index (χ0n) is 78.3. The number of halogens is 4. The Balaban J connectivity index is 0.000000224.